The first kappa shape index (κ1) is 48.1. The molecule has 8 aromatic carbocycles. The molecule has 0 unspecified atom stereocenters. The van der Waals surface area contributed by atoms with Gasteiger partial charge in [0.2, 0.25) is 0 Å². The fourth-order valence-electron chi connectivity index (χ4n) is 11.5. The Morgan fingerprint density at radius 3 is 1.36 bits per heavy atom. The van der Waals surface area contributed by atoms with Crippen LogP contribution in [0, 0.1) is 25.2 Å². The van der Waals surface area contributed by atoms with Crippen molar-refractivity contribution in [3.05, 3.63) is 238 Å². The summed E-state index contributed by atoms with van der Waals surface area (Å²) in [5, 5.41) is 16.8. The molecule has 2 aliphatic rings. The van der Waals surface area contributed by atoms with Crippen LogP contribution in [-0.4, -0.2) is 9.13 Å². The number of fused-ring (bicyclic) bond motifs is 6. The molecule has 76 heavy (non-hydrogen) atoms. The van der Waals surface area contributed by atoms with Crippen LogP contribution < -0.4 is 10.4 Å². The highest BCUT2D eigenvalue weighted by molar-refractivity contribution is 6.13. The van der Waals surface area contributed by atoms with E-state index in [2.05, 4.69) is 138 Å². The van der Waals surface area contributed by atoms with Gasteiger partial charge in [0.15, 0.2) is 0 Å². The summed E-state index contributed by atoms with van der Waals surface area (Å²) in [7, 11) is 0. The lowest BCUT2D eigenvalue weighted by Crippen LogP contribution is -2.13. The van der Waals surface area contributed by atoms with Crippen LogP contribution in [0.25, 0.3) is 99.5 Å². The van der Waals surface area contributed by atoms with E-state index in [-0.39, 0.29) is 17.2 Å². The van der Waals surface area contributed by atoms with Crippen molar-refractivity contribution in [2.45, 2.75) is 52.9 Å². The molecule has 0 amide bonds. The number of nitriles is 1. The average Bonchev–Trinajstić information content (AvgIpc) is 4.10. The summed E-state index contributed by atoms with van der Waals surface area (Å²) in [6.45, 7) is 8.25. The van der Waals surface area contributed by atoms with Gasteiger partial charge >= 0.3 is 12.4 Å². The highest BCUT2D eigenvalue weighted by atomic mass is 19.4. The van der Waals surface area contributed by atoms with E-state index in [1.807, 2.05) is 62.4 Å². The quantitative estimate of drug-likeness (QED) is 0.158. The lowest BCUT2D eigenvalue weighted by molar-refractivity contribution is -0.142. The van der Waals surface area contributed by atoms with Crippen molar-refractivity contribution < 1.29 is 26.3 Å². The number of halogens is 6. The van der Waals surface area contributed by atoms with Gasteiger partial charge in [-0.1, -0.05) is 140 Å². The Labute approximate surface area is 434 Å². The topological polar surface area (TPSA) is 33.6 Å². The van der Waals surface area contributed by atoms with Gasteiger partial charge in [-0.05, 0) is 161 Å². The van der Waals surface area contributed by atoms with Gasteiger partial charge in [0.1, 0.15) is 0 Å². The van der Waals surface area contributed by atoms with Gasteiger partial charge in [-0.2, -0.15) is 31.6 Å². The maximum atomic E-state index is 15.4. The molecule has 12 rings (SSSR count). The molecule has 372 valence electrons. The molecule has 0 spiro atoms. The molecule has 0 bridgehead atoms. The highest BCUT2D eigenvalue weighted by Crippen LogP contribution is 2.46. The molecular formula is C67H47F6N3. The predicted molar refractivity (Wildman–Crippen MR) is 297 cm³/mol. The summed E-state index contributed by atoms with van der Waals surface area (Å²) < 4.78 is 93.3. The Bertz CT molecular complexity index is 4220. The van der Waals surface area contributed by atoms with Crippen LogP contribution >= 0.6 is 0 Å². The van der Waals surface area contributed by atoms with Gasteiger partial charge in [0.25, 0.3) is 0 Å². The molecule has 2 heterocycles. The van der Waals surface area contributed by atoms with E-state index in [4.69, 9.17) is 0 Å². The first-order valence-electron chi connectivity index (χ1n) is 25.1. The van der Waals surface area contributed by atoms with Gasteiger partial charge < -0.3 is 9.13 Å². The molecule has 0 radical (unpaired) electrons. The molecule has 10 aromatic rings. The number of aromatic nitrogens is 2. The molecule has 3 nitrogen and oxygen atoms in total. The monoisotopic (exact) mass is 1010 g/mol. The van der Waals surface area contributed by atoms with Gasteiger partial charge in [0, 0.05) is 27.1 Å². The molecule has 0 saturated carbocycles. The predicted octanol–water partition coefficient (Wildman–Crippen LogP) is 17.5. The minimum absolute atomic E-state index is 0.145. The van der Waals surface area contributed by atoms with Crippen molar-refractivity contribution in [3.8, 4) is 50.8 Å². The highest BCUT2D eigenvalue weighted by Gasteiger charge is 2.39. The second kappa shape index (κ2) is 18.2. The van der Waals surface area contributed by atoms with E-state index in [0.717, 1.165) is 116 Å². The third-order valence-electron chi connectivity index (χ3n) is 15.4. The number of rotatable bonds is 5. The van der Waals surface area contributed by atoms with Crippen LogP contribution in [0.4, 0.5) is 26.3 Å². The average molecular weight is 1010 g/mol. The Morgan fingerprint density at radius 1 is 0.447 bits per heavy atom. The first-order valence-corrected chi connectivity index (χ1v) is 25.1. The van der Waals surface area contributed by atoms with E-state index >= 15 is 13.2 Å². The molecular weight excluding hydrogens is 961 g/mol. The maximum absolute atomic E-state index is 15.4. The summed E-state index contributed by atoms with van der Waals surface area (Å²) in [5.74, 6) is 0. The van der Waals surface area contributed by atoms with E-state index in [1.165, 1.54) is 0 Å². The van der Waals surface area contributed by atoms with Crippen molar-refractivity contribution >= 4 is 54.8 Å². The van der Waals surface area contributed by atoms with E-state index in [0.29, 0.717) is 30.3 Å². The standard InChI is InChI=1S/C67H47F6N3/c1-39-13-5-9-17-49(39)43-21-26-54-55-27-22-44(50-18-10-6-14-40(50)2)32-61(55)75(60(54)31-43)64-35-47(38-74)58(53-30-25-48(66(68,69)70)36-59(53)67(71,72)73)37-65(64)76-62-33-45(51-19-11-7-15-41(51)3)23-28-56(62)57-29-24-46(34-63(57)76)52-20-12-8-16-42(52)4/h5-16,19-37H,17-18H2,1-4H3. The minimum Gasteiger partial charge on any atom is -0.307 e. The van der Waals surface area contributed by atoms with Gasteiger partial charge in [-0.25, -0.2) is 0 Å². The van der Waals surface area contributed by atoms with Gasteiger partial charge in [-0.15, -0.1) is 0 Å². The van der Waals surface area contributed by atoms with E-state index in [9.17, 15) is 18.4 Å². The van der Waals surface area contributed by atoms with Crippen LogP contribution in [0.15, 0.2) is 199 Å². The second-order valence-corrected chi connectivity index (χ2v) is 19.9. The molecule has 2 aromatic heterocycles. The Morgan fingerprint density at radius 2 is 0.908 bits per heavy atom. The van der Waals surface area contributed by atoms with Crippen LogP contribution in [-0.2, 0) is 12.4 Å². The largest absolute Gasteiger partial charge is 0.417 e. The number of hydrogen-bond donors (Lipinski definition) is 0. The van der Waals surface area contributed by atoms with Gasteiger partial charge in [0.05, 0.1) is 56.2 Å². The number of alkyl halides is 6. The molecule has 2 aliphatic carbocycles. The Kier molecular flexibility index (Phi) is 11.5. The molecule has 0 N–H and O–H groups in total. The van der Waals surface area contributed by atoms with Crippen molar-refractivity contribution in [2.24, 2.45) is 0 Å². The smallest absolute Gasteiger partial charge is 0.307 e. The number of allylic oxidation sites excluding steroid dienone is 8. The van der Waals surface area contributed by atoms with E-state index in [1.54, 1.807) is 12.1 Å². The third kappa shape index (κ3) is 8.07. The summed E-state index contributed by atoms with van der Waals surface area (Å²) >= 11 is 0. The van der Waals surface area contributed by atoms with E-state index < -0.39 is 29.0 Å². The fourth-order valence-corrected chi connectivity index (χ4v) is 11.5. The van der Waals surface area contributed by atoms with Crippen molar-refractivity contribution in [1.82, 2.24) is 9.13 Å². The first-order chi connectivity index (χ1) is 36.6. The number of hydrogen-bond acceptors (Lipinski definition) is 1. The van der Waals surface area contributed by atoms with Crippen molar-refractivity contribution in [3.63, 3.8) is 0 Å². The van der Waals surface area contributed by atoms with Crippen molar-refractivity contribution in [2.75, 3.05) is 0 Å². The van der Waals surface area contributed by atoms with Crippen LogP contribution in [0.2, 0.25) is 0 Å². The summed E-state index contributed by atoms with van der Waals surface area (Å²) in [5.41, 5.74) is 10.5. The molecule has 0 atom stereocenters. The summed E-state index contributed by atoms with van der Waals surface area (Å²) in [6, 6.07) is 48.5. The fraction of sp³-hybridized carbons (Fsp3) is 0.119. The number of aryl methyl sites for hydroxylation is 2. The number of nitrogens with zero attached hydrogens (tertiary/aromatic N) is 3. The second-order valence-electron chi connectivity index (χ2n) is 19.9. The van der Waals surface area contributed by atoms with Crippen LogP contribution in [0.1, 0.15) is 54.5 Å². The third-order valence-corrected chi connectivity index (χ3v) is 15.4. The van der Waals surface area contributed by atoms with Crippen molar-refractivity contribution in [1.29, 1.82) is 5.26 Å². The Hall–Kier alpha value is -8.87. The summed E-state index contributed by atoms with van der Waals surface area (Å²) in [4.78, 5) is 0. The lowest BCUT2D eigenvalue weighted by atomic mass is 9.92. The maximum Gasteiger partial charge on any atom is 0.417 e. The molecule has 0 saturated heterocycles. The molecule has 0 aliphatic heterocycles. The minimum atomic E-state index is -5.23. The normalized spacial score (nSPS) is 15.5. The zero-order valence-corrected chi connectivity index (χ0v) is 41.9. The van der Waals surface area contributed by atoms with Crippen LogP contribution in [0.5, 0.6) is 0 Å². The zero-order chi connectivity index (χ0) is 52.8. The lowest BCUT2D eigenvalue weighted by Gasteiger charge is -2.22. The zero-order valence-electron chi connectivity index (χ0n) is 41.9. The van der Waals surface area contributed by atoms with Gasteiger partial charge in [-0.3, -0.25) is 0 Å². The molecule has 9 heteroatoms. The number of benzene rings is 8. The van der Waals surface area contributed by atoms with Crippen LogP contribution in [0.3, 0.4) is 0 Å². The SMILES string of the molecule is CC1=CC=CCC1=c1ccc2c3ccc(=C4CC=CC=C4C)cc3n(-c3cc(C#N)c(-c4ccc(C(F)(F)F)cc4C(F)(F)F)cc3-n3c4cc(-c5ccccc5C)ccc4c4ccc(-c5ccccc5C)cc43)c2c1. The molecule has 0 fully saturated rings. The Balaban J connectivity index is 1.30. The summed E-state index contributed by atoms with van der Waals surface area (Å²) in [6.07, 6.45) is 3.61.